The first-order chi connectivity index (χ1) is 15.4. The fourth-order valence-electron chi connectivity index (χ4n) is 2.93. The highest BCUT2D eigenvalue weighted by Gasteiger charge is 2.07. The number of carbonyl (C=O) groups excluding carboxylic acids is 3. The second-order valence-corrected chi connectivity index (χ2v) is 7.28. The van der Waals surface area contributed by atoms with Crippen LogP contribution in [0.2, 0.25) is 0 Å². The van der Waals surface area contributed by atoms with Crippen molar-refractivity contribution < 1.29 is 14.4 Å². The molecule has 0 bridgehead atoms. The van der Waals surface area contributed by atoms with Crippen LogP contribution in [-0.2, 0) is 9.59 Å². The quantitative estimate of drug-likeness (QED) is 0.418. The normalized spacial score (nSPS) is 10.2. The van der Waals surface area contributed by atoms with Crippen molar-refractivity contribution in [1.82, 2.24) is 0 Å². The van der Waals surface area contributed by atoms with Crippen LogP contribution in [0.5, 0.6) is 0 Å². The number of hydrogen-bond donors (Lipinski definition) is 4. The summed E-state index contributed by atoms with van der Waals surface area (Å²) in [4.78, 5) is 35.9. The molecule has 0 aliphatic carbocycles. The third-order valence-corrected chi connectivity index (χ3v) is 4.65. The highest BCUT2D eigenvalue weighted by atomic mass is 16.2. The summed E-state index contributed by atoms with van der Waals surface area (Å²) in [6, 6.07) is 21.4. The maximum Gasteiger partial charge on any atom is 0.255 e. The number of carbonyl (C=O) groups is 3. The number of rotatable bonds is 8. The van der Waals surface area contributed by atoms with Gasteiger partial charge in [-0.1, -0.05) is 24.6 Å². The van der Waals surface area contributed by atoms with Gasteiger partial charge in [0.05, 0.1) is 6.54 Å². The summed E-state index contributed by atoms with van der Waals surface area (Å²) in [5, 5.41) is 11.5. The largest absolute Gasteiger partial charge is 0.376 e. The molecule has 0 aromatic heterocycles. The van der Waals surface area contributed by atoms with E-state index in [0.29, 0.717) is 29.0 Å². The van der Waals surface area contributed by atoms with Gasteiger partial charge in [-0.25, -0.2) is 0 Å². The zero-order chi connectivity index (χ0) is 22.9. The second kappa shape index (κ2) is 10.8. The van der Waals surface area contributed by atoms with Crippen molar-refractivity contribution in [1.29, 1.82) is 0 Å². The SMILES string of the molecule is CCC(=O)Nc1ccc(NCC(=O)Nc2ccc(NC(=O)c3cccc(C)c3)cc2)cc1. The molecule has 0 radical (unpaired) electrons. The van der Waals surface area contributed by atoms with Gasteiger partial charge >= 0.3 is 0 Å². The Morgan fingerprint density at radius 3 is 1.78 bits per heavy atom. The van der Waals surface area contributed by atoms with Gasteiger partial charge in [0.25, 0.3) is 5.91 Å². The van der Waals surface area contributed by atoms with E-state index in [1.165, 1.54) is 0 Å². The minimum Gasteiger partial charge on any atom is -0.376 e. The molecule has 164 valence electrons. The molecule has 3 rings (SSSR count). The second-order valence-electron chi connectivity index (χ2n) is 7.28. The average molecular weight is 431 g/mol. The summed E-state index contributed by atoms with van der Waals surface area (Å²) in [5.74, 6) is -0.439. The number of amides is 3. The Morgan fingerprint density at radius 2 is 1.22 bits per heavy atom. The van der Waals surface area contributed by atoms with Crippen molar-refractivity contribution >= 4 is 40.5 Å². The van der Waals surface area contributed by atoms with Crippen LogP contribution in [0.15, 0.2) is 72.8 Å². The van der Waals surface area contributed by atoms with E-state index in [1.807, 2.05) is 25.1 Å². The first kappa shape index (κ1) is 22.6. The van der Waals surface area contributed by atoms with Crippen LogP contribution in [0.25, 0.3) is 0 Å². The summed E-state index contributed by atoms with van der Waals surface area (Å²) < 4.78 is 0. The maximum absolute atomic E-state index is 12.3. The molecular weight excluding hydrogens is 404 g/mol. The Hall–Kier alpha value is -4.13. The molecule has 0 atom stereocenters. The highest BCUT2D eigenvalue weighted by Crippen LogP contribution is 2.16. The van der Waals surface area contributed by atoms with E-state index < -0.39 is 0 Å². The van der Waals surface area contributed by atoms with Gasteiger partial charge in [0.1, 0.15) is 0 Å². The molecule has 0 fully saturated rings. The van der Waals surface area contributed by atoms with Crippen LogP contribution in [0, 0.1) is 6.92 Å². The van der Waals surface area contributed by atoms with Crippen LogP contribution in [0.1, 0.15) is 29.3 Å². The lowest BCUT2D eigenvalue weighted by Gasteiger charge is -2.10. The number of hydrogen-bond acceptors (Lipinski definition) is 4. The molecule has 0 saturated carbocycles. The van der Waals surface area contributed by atoms with Crippen molar-refractivity contribution in [2.24, 2.45) is 0 Å². The lowest BCUT2D eigenvalue weighted by molar-refractivity contribution is -0.116. The Balaban J connectivity index is 1.47. The molecule has 0 spiro atoms. The van der Waals surface area contributed by atoms with Gasteiger partial charge in [0.15, 0.2) is 0 Å². The molecule has 0 heterocycles. The third-order valence-electron chi connectivity index (χ3n) is 4.65. The number of aryl methyl sites for hydroxylation is 1. The molecule has 7 heteroatoms. The highest BCUT2D eigenvalue weighted by molar-refractivity contribution is 6.04. The lowest BCUT2D eigenvalue weighted by atomic mass is 10.1. The molecule has 0 unspecified atom stereocenters. The smallest absolute Gasteiger partial charge is 0.255 e. The van der Waals surface area contributed by atoms with Gasteiger partial charge in [-0.15, -0.1) is 0 Å². The first-order valence-corrected chi connectivity index (χ1v) is 10.3. The predicted octanol–water partition coefficient (Wildman–Crippen LogP) is 4.65. The monoisotopic (exact) mass is 430 g/mol. The van der Waals surface area contributed by atoms with Crippen molar-refractivity contribution in [2.75, 3.05) is 27.8 Å². The Morgan fingerprint density at radius 1 is 0.688 bits per heavy atom. The van der Waals surface area contributed by atoms with Gasteiger partial charge in [-0.3, -0.25) is 14.4 Å². The number of anilines is 4. The molecule has 32 heavy (non-hydrogen) atoms. The van der Waals surface area contributed by atoms with Crippen molar-refractivity contribution in [3.8, 4) is 0 Å². The molecule has 3 amide bonds. The number of nitrogens with one attached hydrogen (secondary N) is 4. The van der Waals surface area contributed by atoms with Crippen molar-refractivity contribution in [2.45, 2.75) is 20.3 Å². The molecule has 3 aromatic rings. The lowest BCUT2D eigenvalue weighted by Crippen LogP contribution is -2.21. The Labute approximate surface area is 187 Å². The standard InChI is InChI=1S/C25H26N4O3/c1-3-23(30)27-20-9-7-19(8-10-20)26-16-24(31)28-21-11-13-22(14-12-21)29-25(32)18-6-4-5-17(2)15-18/h4-15,26H,3,16H2,1-2H3,(H,27,30)(H,28,31)(H,29,32). The number of benzene rings is 3. The predicted molar refractivity (Wildman–Crippen MR) is 128 cm³/mol. The topological polar surface area (TPSA) is 99.3 Å². The van der Waals surface area contributed by atoms with Gasteiger partial charge in [-0.2, -0.15) is 0 Å². The van der Waals surface area contributed by atoms with Crippen LogP contribution >= 0.6 is 0 Å². The fraction of sp³-hybridized carbons (Fsp3) is 0.160. The van der Waals surface area contributed by atoms with Crippen LogP contribution in [0.4, 0.5) is 22.7 Å². The van der Waals surface area contributed by atoms with Crippen molar-refractivity contribution in [3.63, 3.8) is 0 Å². The minimum atomic E-state index is -0.204. The van der Waals surface area contributed by atoms with Gasteiger partial charge < -0.3 is 21.3 Å². The van der Waals surface area contributed by atoms with Gasteiger partial charge in [-0.05, 0) is 67.6 Å². The molecular formula is C25H26N4O3. The molecule has 4 N–H and O–H groups in total. The van der Waals surface area contributed by atoms with E-state index in [1.54, 1.807) is 61.5 Å². The maximum atomic E-state index is 12.3. The zero-order valence-corrected chi connectivity index (χ0v) is 18.1. The molecule has 0 aliphatic rings. The minimum absolute atomic E-state index is 0.0502. The summed E-state index contributed by atoms with van der Waals surface area (Å²) in [5.41, 5.74) is 4.36. The van der Waals surface area contributed by atoms with Crippen LogP contribution in [0.3, 0.4) is 0 Å². The molecule has 7 nitrogen and oxygen atoms in total. The van der Waals surface area contributed by atoms with Gasteiger partial charge in [0.2, 0.25) is 11.8 Å². The Kier molecular flexibility index (Phi) is 7.59. The average Bonchev–Trinajstić information content (AvgIpc) is 2.80. The molecule has 0 saturated heterocycles. The van der Waals surface area contributed by atoms with E-state index in [0.717, 1.165) is 11.3 Å². The van der Waals surface area contributed by atoms with E-state index in [9.17, 15) is 14.4 Å². The van der Waals surface area contributed by atoms with Crippen LogP contribution < -0.4 is 21.3 Å². The third kappa shape index (κ3) is 6.70. The first-order valence-electron chi connectivity index (χ1n) is 10.3. The van der Waals surface area contributed by atoms with E-state index in [2.05, 4.69) is 21.3 Å². The fourth-order valence-corrected chi connectivity index (χ4v) is 2.93. The van der Waals surface area contributed by atoms with E-state index >= 15 is 0 Å². The molecule has 0 aliphatic heterocycles. The van der Waals surface area contributed by atoms with Gasteiger partial charge in [0, 0.05) is 34.7 Å². The zero-order valence-electron chi connectivity index (χ0n) is 18.1. The summed E-state index contributed by atoms with van der Waals surface area (Å²) >= 11 is 0. The summed E-state index contributed by atoms with van der Waals surface area (Å²) in [6.07, 6.45) is 0.417. The molecule has 3 aromatic carbocycles. The Bertz CT molecular complexity index is 1090. The van der Waals surface area contributed by atoms with E-state index in [-0.39, 0.29) is 24.3 Å². The summed E-state index contributed by atoms with van der Waals surface area (Å²) in [7, 11) is 0. The summed E-state index contributed by atoms with van der Waals surface area (Å²) in [6.45, 7) is 3.82. The van der Waals surface area contributed by atoms with Crippen molar-refractivity contribution in [3.05, 3.63) is 83.9 Å². The van der Waals surface area contributed by atoms with E-state index in [4.69, 9.17) is 0 Å². The van der Waals surface area contributed by atoms with Crippen LogP contribution in [-0.4, -0.2) is 24.3 Å².